The Morgan fingerprint density at radius 2 is 1.63 bits per heavy atom. The molecule has 0 amide bonds. The van der Waals surface area contributed by atoms with Gasteiger partial charge in [0.05, 0.1) is 7.11 Å². The molecule has 3 heteroatoms. The molecule has 0 unspecified atom stereocenters. The first-order valence-electron chi connectivity index (χ1n) is 6.25. The molecule has 0 heterocycles. The van der Waals surface area contributed by atoms with Gasteiger partial charge in [-0.1, -0.05) is 19.9 Å². The Morgan fingerprint density at radius 1 is 0.947 bits per heavy atom. The number of hydrogen-bond acceptors (Lipinski definition) is 3. The minimum atomic E-state index is 0.244. The van der Waals surface area contributed by atoms with Gasteiger partial charge < -0.3 is 14.6 Å². The minimum absolute atomic E-state index is 0.244. The van der Waals surface area contributed by atoms with Crippen molar-refractivity contribution in [1.29, 1.82) is 0 Å². The molecule has 0 saturated heterocycles. The summed E-state index contributed by atoms with van der Waals surface area (Å²) in [7, 11) is 1.62. The van der Waals surface area contributed by atoms with Gasteiger partial charge in [0.15, 0.2) is 0 Å². The third kappa shape index (κ3) is 3.19. The SMILES string of the molecule is COc1cccc(Oc2ccc(O)c(C(C)C)c2)c1. The summed E-state index contributed by atoms with van der Waals surface area (Å²) in [6.07, 6.45) is 0. The second-order valence-corrected chi connectivity index (χ2v) is 4.66. The van der Waals surface area contributed by atoms with Crippen LogP contribution in [0.3, 0.4) is 0 Å². The van der Waals surface area contributed by atoms with Gasteiger partial charge in [-0.2, -0.15) is 0 Å². The first kappa shape index (κ1) is 13.3. The number of aromatic hydroxyl groups is 1. The van der Waals surface area contributed by atoms with Crippen molar-refractivity contribution in [2.24, 2.45) is 0 Å². The molecule has 0 bridgehead atoms. The maximum atomic E-state index is 9.78. The average molecular weight is 258 g/mol. The highest BCUT2D eigenvalue weighted by atomic mass is 16.5. The monoisotopic (exact) mass is 258 g/mol. The molecule has 0 atom stereocenters. The third-order valence-corrected chi connectivity index (χ3v) is 2.90. The van der Waals surface area contributed by atoms with E-state index in [-0.39, 0.29) is 5.92 Å². The van der Waals surface area contributed by atoms with Crippen molar-refractivity contribution >= 4 is 0 Å². The summed E-state index contributed by atoms with van der Waals surface area (Å²) >= 11 is 0. The van der Waals surface area contributed by atoms with Crippen molar-refractivity contribution < 1.29 is 14.6 Å². The molecule has 0 fully saturated rings. The summed E-state index contributed by atoms with van der Waals surface area (Å²) in [5.74, 6) is 2.71. The normalized spacial score (nSPS) is 10.5. The molecular weight excluding hydrogens is 240 g/mol. The van der Waals surface area contributed by atoms with Gasteiger partial charge in [-0.05, 0) is 36.2 Å². The summed E-state index contributed by atoms with van der Waals surface area (Å²) in [5, 5.41) is 9.78. The van der Waals surface area contributed by atoms with Gasteiger partial charge in [-0.15, -0.1) is 0 Å². The zero-order valence-corrected chi connectivity index (χ0v) is 11.4. The smallest absolute Gasteiger partial charge is 0.131 e. The van der Waals surface area contributed by atoms with Crippen molar-refractivity contribution in [3.8, 4) is 23.0 Å². The van der Waals surface area contributed by atoms with E-state index in [1.165, 1.54) is 0 Å². The molecule has 3 nitrogen and oxygen atoms in total. The zero-order valence-electron chi connectivity index (χ0n) is 11.4. The van der Waals surface area contributed by atoms with Crippen LogP contribution in [0.4, 0.5) is 0 Å². The molecule has 0 spiro atoms. The van der Waals surface area contributed by atoms with E-state index >= 15 is 0 Å². The number of methoxy groups -OCH3 is 1. The van der Waals surface area contributed by atoms with Crippen molar-refractivity contribution in [3.63, 3.8) is 0 Å². The predicted octanol–water partition coefficient (Wildman–Crippen LogP) is 4.32. The Balaban J connectivity index is 2.25. The maximum absolute atomic E-state index is 9.78. The summed E-state index contributed by atoms with van der Waals surface area (Å²) in [5.41, 5.74) is 0.875. The Hall–Kier alpha value is -2.16. The van der Waals surface area contributed by atoms with E-state index < -0.39 is 0 Å². The fraction of sp³-hybridized carbons (Fsp3) is 0.250. The number of ether oxygens (including phenoxy) is 2. The van der Waals surface area contributed by atoms with E-state index in [4.69, 9.17) is 9.47 Å². The molecule has 0 aromatic heterocycles. The van der Waals surface area contributed by atoms with Gasteiger partial charge in [0, 0.05) is 11.6 Å². The fourth-order valence-electron chi connectivity index (χ4n) is 1.86. The average Bonchev–Trinajstić information content (AvgIpc) is 2.41. The highest BCUT2D eigenvalue weighted by Gasteiger charge is 2.08. The van der Waals surface area contributed by atoms with Crippen LogP contribution >= 0.6 is 0 Å². The molecule has 2 aromatic rings. The Morgan fingerprint density at radius 3 is 2.32 bits per heavy atom. The van der Waals surface area contributed by atoms with Gasteiger partial charge >= 0.3 is 0 Å². The number of rotatable bonds is 4. The minimum Gasteiger partial charge on any atom is -0.508 e. The van der Waals surface area contributed by atoms with E-state index in [2.05, 4.69) is 0 Å². The summed E-state index contributed by atoms with van der Waals surface area (Å²) in [4.78, 5) is 0. The van der Waals surface area contributed by atoms with Gasteiger partial charge in [-0.3, -0.25) is 0 Å². The van der Waals surface area contributed by atoms with Crippen LogP contribution in [0.1, 0.15) is 25.3 Å². The van der Waals surface area contributed by atoms with E-state index in [0.717, 1.165) is 11.3 Å². The van der Waals surface area contributed by atoms with Crippen LogP contribution in [0.25, 0.3) is 0 Å². The molecule has 2 rings (SSSR count). The topological polar surface area (TPSA) is 38.7 Å². The number of hydrogen-bond donors (Lipinski definition) is 1. The maximum Gasteiger partial charge on any atom is 0.131 e. The lowest BCUT2D eigenvalue weighted by atomic mass is 10.0. The molecule has 0 radical (unpaired) electrons. The molecule has 19 heavy (non-hydrogen) atoms. The fourth-order valence-corrected chi connectivity index (χ4v) is 1.86. The van der Waals surface area contributed by atoms with Gasteiger partial charge in [-0.25, -0.2) is 0 Å². The van der Waals surface area contributed by atoms with Crippen molar-refractivity contribution in [2.45, 2.75) is 19.8 Å². The highest BCUT2D eigenvalue weighted by Crippen LogP contribution is 2.32. The molecule has 2 aromatic carbocycles. The first-order chi connectivity index (χ1) is 9.10. The van der Waals surface area contributed by atoms with E-state index in [0.29, 0.717) is 17.2 Å². The van der Waals surface area contributed by atoms with Gasteiger partial charge in [0.2, 0.25) is 0 Å². The first-order valence-corrected chi connectivity index (χ1v) is 6.25. The molecule has 0 saturated carbocycles. The van der Waals surface area contributed by atoms with E-state index in [1.807, 2.05) is 44.2 Å². The quantitative estimate of drug-likeness (QED) is 0.887. The Kier molecular flexibility index (Phi) is 3.95. The lowest BCUT2D eigenvalue weighted by molar-refractivity contribution is 0.408. The van der Waals surface area contributed by atoms with Crippen LogP contribution in [0.5, 0.6) is 23.0 Å². The molecule has 0 aliphatic heterocycles. The Labute approximate surface area is 113 Å². The lowest BCUT2D eigenvalue weighted by Gasteiger charge is -2.12. The lowest BCUT2D eigenvalue weighted by Crippen LogP contribution is -1.91. The number of benzene rings is 2. The van der Waals surface area contributed by atoms with Crippen LogP contribution in [-0.4, -0.2) is 12.2 Å². The van der Waals surface area contributed by atoms with Gasteiger partial charge in [0.1, 0.15) is 23.0 Å². The highest BCUT2D eigenvalue weighted by molar-refractivity contribution is 5.43. The number of phenols is 1. The standard InChI is InChI=1S/C16H18O3/c1-11(2)15-10-14(7-8-16(15)17)19-13-6-4-5-12(9-13)18-3/h4-11,17H,1-3H3. The number of phenolic OH excluding ortho intramolecular Hbond substituents is 1. The third-order valence-electron chi connectivity index (χ3n) is 2.90. The summed E-state index contributed by atoms with van der Waals surface area (Å²) in [6, 6.07) is 12.7. The molecule has 0 aliphatic carbocycles. The van der Waals surface area contributed by atoms with Crippen LogP contribution in [0.15, 0.2) is 42.5 Å². The van der Waals surface area contributed by atoms with Gasteiger partial charge in [0.25, 0.3) is 0 Å². The van der Waals surface area contributed by atoms with Crippen molar-refractivity contribution in [2.75, 3.05) is 7.11 Å². The van der Waals surface area contributed by atoms with Crippen molar-refractivity contribution in [1.82, 2.24) is 0 Å². The Bertz CT molecular complexity index is 562. The van der Waals surface area contributed by atoms with Crippen molar-refractivity contribution in [3.05, 3.63) is 48.0 Å². The van der Waals surface area contributed by atoms with E-state index in [9.17, 15) is 5.11 Å². The second kappa shape index (κ2) is 5.65. The van der Waals surface area contributed by atoms with Crippen LogP contribution in [0.2, 0.25) is 0 Å². The van der Waals surface area contributed by atoms with Crippen LogP contribution < -0.4 is 9.47 Å². The molecular formula is C16H18O3. The molecule has 0 aliphatic rings. The van der Waals surface area contributed by atoms with Crippen LogP contribution in [-0.2, 0) is 0 Å². The second-order valence-electron chi connectivity index (χ2n) is 4.66. The van der Waals surface area contributed by atoms with E-state index in [1.54, 1.807) is 19.2 Å². The predicted molar refractivity (Wildman–Crippen MR) is 75.3 cm³/mol. The summed E-state index contributed by atoms with van der Waals surface area (Å²) < 4.78 is 10.9. The zero-order chi connectivity index (χ0) is 13.8. The molecule has 100 valence electrons. The van der Waals surface area contributed by atoms with Crippen LogP contribution in [0, 0.1) is 0 Å². The molecule has 1 N–H and O–H groups in total. The summed E-state index contributed by atoms with van der Waals surface area (Å²) in [6.45, 7) is 4.06. The largest absolute Gasteiger partial charge is 0.508 e.